The summed E-state index contributed by atoms with van der Waals surface area (Å²) in [6.45, 7) is 4.92. The second kappa shape index (κ2) is 8.15. The fourth-order valence-corrected chi connectivity index (χ4v) is 2.42. The Bertz CT molecular complexity index is 517. The average molecular weight is 326 g/mol. The van der Waals surface area contributed by atoms with E-state index in [2.05, 4.69) is 5.32 Å². The van der Waals surface area contributed by atoms with Gasteiger partial charge in [0.15, 0.2) is 0 Å². The molecule has 1 heterocycles. The van der Waals surface area contributed by atoms with E-state index in [1.54, 1.807) is 4.90 Å². The van der Waals surface area contributed by atoms with Crippen molar-refractivity contribution in [3.63, 3.8) is 0 Å². The molecule has 2 unspecified atom stereocenters. The zero-order valence-corrected chi connectivity index (χ0v) is 13.9. The lowest BCUT2D eigenvalue weighted by Gasteiger charge is -2.17. The minimum Gasteiger partial charge on any atom is -0.356 e. The monoisotopic (exact) mass is 325 g/mol. The van der Waals surface area contributed by atoms with E-state index in [1.165, 1.54) is 0 Å². The smallest absolute Gasteiger partial charge is 0.227 e. The Hall–Kier alpha value is -1.59. The van der Waals surface area contributed by atoms with Gasteiger partial charge in [0.05, 0.1) is 5.92 Å². The largest absolute Gasteiger partial charge is 0.356 e. The highest BCUT2D eigenvalue weighted by atomic mass is 35.5. The first-order valence-electron chi connectivity index (χ1n) is 7.37. The van der Waals surface area contributed by atoms with Crippen molar-refractivity contribution in [3.05, 3.63) is 29.8 Å². The number of amides is 2. The third kappa shape index (κ3) is 4.71. The van der Waals surface area contributed by atoms with Gasteiger partial charge in [0.25, 0.3) is 0 Å². The van der Waals surface area contributed by atoms with E-state index in [0.717, 1.165) is 17.7 Å². The topological polar surface area (TPSA) is 75.4 Å². The minimum absolute atomic E-state index is 0. The Morgan fingerprint density at radius 1 is 1.41 bits per heavy atom. The molecule has 0 aromatic heterocycles. The molecule has 1 aliphatic heterocycles. The lowest BCUT2D eigenvalue weighted by Crippen LogP contribution is -2.35. The van der Waals surface area contributed by atoms with Crippen LogP contribution in [-0.4, -0.2) is 30.9 Å². The van der Waals surface area contributed by atoms with Gasteiger partial charge < -0.3 is 16.0 Å². The summed E-state index contributed by atoms with van der Waals surface area (Å²) in [6, 6.07) is 7.85. The molecule has 1 fully saturated rings. The van der Waals surface area contributed by atoms with E-state index in [1.807, 2.05) is 38.1 Å². The number of benzene rings is 1. The lowest BCUT2D eigenvalue weighted by molar-refractivity contribution is -0.126. The standard InChI is InChI=1S/C16H23N3O2.ClH/c1-11-3-5-14(6-4-11)19-10-13(9-15(19)20)16(21)18-8-7-12(2)17;/h3-6,12-13H,7-10,17H2,1-2H3,(H,18,21);1H. The molecule has 0 bridgehead atoms. The van der Waals surface area contributed by atoms with Crippen molar-refractivity contribution in [2.75, 3.05) is 18.0 Å². The van der Waals surface area contributed by atoms with Crippen LogP contribution < -0.4 is 16.0 Å². The van der Waals surface area contributed by atoms with Crippen LogP contribution in [0.5, 0.6) is 0 Å². The number of rotatable bonds is 5. The maximum absolute atomic E-state index is 12.1. The number of aryl methyl sites for hydroxylation is 1. The summed E-state index contributed by atoms with van der Waals surface area (Å²) in [6.07, 6.45) is 1.02. The van der Waals surface area contributed by atoms with Crippen LogP contribution in [-0.2, 0) is 9.59 Å². The van der Waals surface area contributed by atoms with Gasteiger partial charge in [-0.25, -0.2) is 0 Å². The number of halogens is 1. The van der Waals surface area contributed by atoms with Crippen molar-refractivity contribution in [3.8, 4) is 0 Å². The van der Waals surface area contributed by atoms with Gasteiger partial charge in [-0.3, -0.25) is 9.59 Å². The van der Waals surface area contributed by atoms with Gasteiger partial charge in [0.1, 0.15) is 0 Å². The van der Waals surface area contributed by atoms with Crippen LogP contribution in [0.3, 0.4) is 0 Å². The summed E-state index contributed by atoms with van der Waals surface area (Å²) in [4.78, 5) is 25.8. The van der Waals surface area contributed by atoms with Crippen LogP contribution in [0.1, 0.15) is 25.3 Å². The Kier molecular flexibility index (Phi) is 6.84. The molecule has 1 saturated heterocycles. The predicted molar refractivity (Wildman–Crippen MR) is 90.2 cm³/mol. The normalized spacial score (nSPS) is 18.8. The first-order chi connectivity index (χ1) is 9.97. The first-order valence-corrected chi connectivity index (χ1v) is 7.37. The number of nitrogens with zero attached hydrogens (tertiary/aromatic N) is 1. The van der Waals surface area contributed by atoms with Crippen molar-refractivity contribution in [2.45, 2.75) is 32.7 Å². The number of anilines is 1. The van der Waals surface area contributed by atoms with Gasteiger partial charge in [0, 0.05) is 31.2 Å². The molecule has 2 amide bonds. The molecule has 2 atom stereocenters. The second-order valence-electron chi connectivity index (χ2n) is 5.80. The maximum Gasteiger partial charge on any atom is 0.227 e. The molecular weight excluding hydrogens is 302 g/mol. The number of hydrogen-bond acceptors (Lipinski definition) is 3. The van der Waals surface area contributed by atoms with Crippen molar-refractivity contribution in [1.29, 1.82) is 0 Å². The molecule has 3 N–H and O–H groups in total. The Morgan fingerprint density at radius 2 is 2.05 bits per heavy atom. The summed E-state index contributed by atoms with van der Waals surface area (Å²) in [7, 11) is 0. The van der Waals surface area contributed by atoms with E-state index in [4.69, 9.17) is 5.73 Å². The van der Waals surface area contributed by atoms with E-state index in [9.17, 15) is 9.59 Å². The van der Waals surface area contributed by atoms with Crippen molar-refractivity contribution in [2.24, 2.45) is 11.7 Å². The minimum atomic E-state index is -0.271. The molecule has 6 heteroatoms. The van der Waals surface area contributed by atoms with Crippen LogP contribution in [0.4, 0.5) is 5.69 Å². The molecule has 1 aromatic carbocycles. The Balaban J connectivity index is 0.00000242. The molecule has 0 saturated carbocycles. The highest BCUT2D eigenvalue weighted by Crippen LogP contribution is 2.25. The Labute approximate surface area is 137 Å². The van der Waals surface area contributed by atoms with Gasteiger partial charge in [-0.05, 0) is 32.4 Å². The van der Waals surface area contributed by atoms with Crippen LogP contribution in [0.15, 0.2) is 24.3 Å². The summed E-state index contributed by atoms with van der Waals surface area (Å²) in [5.74, 6) is -0.323. The molecule has 0 spiro atoms. The second-order valence-corrected chi connectivity index (χ2v) is 5.80. The highest BCUT2D eigenvalue weighted by Gasteiger charge is 2.34. The van der Waals surface area contributed by atoms with Crippen LogP contribution >= 0.6 is 12.4 Å². The molecule has 1 aromatic rings. The molecule has 22 heavy (non-hydrogen) atoms. The van der Waals surface area contributed by atoms with E-state index in [-0.39, 0.29) is 42.6 Å². The zero-order chi connectivity index (χ0) is 15.4. The molecule has 1 aliphatic rings. The lowest BCUT2D eigenvalue weighted by atomic mass is 10.1. The van der Waals surface area contributed by atoms with E-state index >= 15 is 0 Å². The SMILES string of the molecule is Cc1ccc(N2CC(C(=O)NCCC(C)N)CC2=O)cc1.Cl. The molecule has 2 rings (SSSR count). The van der Waals surface area contributed by atoms with Crippen molar-refractivity contribution >= 4 is 29.9 Å². The summed E-state index contributed by atoms with van der Waals surface area (Å²) in [5, 5.41) is 2.86. The maximum atomic E-state index is 12.1. The molecule has 0 radical (unpaired) electrons. The molecular formula is C16H24ClN3O2. The summed E-state index contributed by atoms with van der Waals surface area (Å²) < 4.78 is 0. The van der Waals surface area contributed by atoms with E-state index < -0.39 is 0 Å². The summed E-state index contributed by atoms with van der Waals surface area (Å²) in [5.41, 5.74) is 7.66. The molecule has 122 valence electrons. The number of carbonyl (C=O) groups excluding carboxylic acids is 2. The van der Waals surface area contributed by atoms with Gasteiger partial charge in [-0.2, -0.15) is 0 Å². The summed E-state index contributed by atoms with van der Waals surface area (Å²) >= 11 is 0. The number of carbonyl (C=O) groups is 2. The highest BCUT2D eigenvalue weighted by molar-refractivity contribution is 6.00. The number of nitrogens with two attached hydrogens (primary N) is 1. The quantitative estimate of drug-likeness (QED) is 0.864. The molecule has 0 aliphatic carbocycles. The van der Waals surface area contributed by atoms with Crippen LogP contribution in [0.2, 0.25) is 0 Å². The van der Waals surface area contributed by atoms with Crippen LogP contribution in [0.25, 0.3) is 0 Å². The third-order valence-electron chi connectivity index (χ3n) is 3.74. The fraction of sp³-hybridized carbons (Fsp3) is 0.500. The van der Waals surface area contributed by atoms with E-state index in [0.29, 0.717) is 13.1 Å². The van der Waals surface area contributed by atoms with Gasteiger partial charge in [-0.1, -0.05) is 17.7 Å². The van der Waals surface area contributed by atoms with Gasteiger partial charge in [-0.15, -0.1) is 12.4 Å². The number of nitrogens with one attached hydrogen (secondary N) is 1. The first kappa shape index (κ1) is 18.5. The Morgan fingerprint density at radius 3 is 2.64 bits per heavy atom. The van der Waals surface area contributed by atoms with Crippen molar-refractivity contribution < 1.29 is 9.59 Å². The average Bonchev–Trinajstić information content (AvgIpc) is 2.81. The zero-order valence-electron chi connectivity index (χ0n) is 13.0. The fourth-order valence-electron chi connectivity index (χ4n) is 2.42. The number of hydrogen-bond donors (Lipinski definition) is 2. The predicted octanol–water partition coefficient (Wildman–Crippen LogP) is 1.62. The molecule has 5 nitrogen and oxygen atoms in total. The van der Waals surface area contributed by atoms with Crippen LogP contribution in [0, 0.1) is 12.8 Å². The van der Waals surface area contributed by atoms with Gasteiger partial charge in [0.2, 0.25) is 11.8 Å². The van der Waals surface area contributed by atoms with Crippen molar-refractivity contribution in [1.82, 2.24) is 5.32 Å². The third-order valence-corrected chi connectivity index (χ3v) is 3.74. The van der Waals surface area contributed by atoms with Gasteiger partial charge >= 0.3 is 0 Å².